The molecule has 1 aromatic carbocycles. The van der Waals surface area contributed by atoms with Crippen LogP contribution in [-0.4, -0.2) is 29.1 Å². The molecule has 0 saturated heterocycles. The summed E-state index contributed by atoms with van der Waals surface area (Å²) in [5.41, 5.74) is 6.15. The predicted octanol–water partition coefficient (Wildman–Crippen LogP) is 5.89. The molecule has 0 fully saturated rings. The number of fused-ring (bicyclic) bond motifs is 1. The monoisotopic (exact) mass is 416 g/mol. The number of allylic oxidation sites excluding steroid dienone is 1. The molecule has 0 heterocycles. The van der Waals surface area contributed by atoms with Gasteiger partial charge in [0.05, 0.1) is 7.11 Å². The van der Waals surface area contributed by atoms with E-state index in [1.54, 1.807) is 0 Å². The molecule has 1 aromatic rings. The van der Waals surface area contributed by atoms with Gasteiger partial charge in [0.15, 0.2) is 0 Å². The minimum atomic E-state index is -1.79. The Kier molecular flexibility index (Phi) is 6.20. The number of nitrogens with one attached hydrogen (secondary N) is 1. The third-order valence-electron chi connectivity index (χ3n) is 6.85. The molecule has 1 aliphatic rings. The minimum Gasteiger partial charge on any atom is -0.381 e. The average Bonchev–Trinajstić information content (AvgIpc) is 2.95. The molecule has 0 bridgehead atoms. The van der Waals surface area contributed by atoms with Crippen LogP contribution in [0.15, 0.2) is 17.7 Å². The van der Waals surface area contributed by atoms with Gasteiger partial charge in [0.25, 0.3) is 0 Å². The molecule has 27 heavy (non-hydrogen) atoms. The van der Waals surface area contributed by atoms with E-state index in [0.29, 0.717) is 0 Å². The van der Waals surface area contributed by atoms with Crippen LogP contribution in [0.4, 0.5) is 0 Å². The van der Waals surface area contributed by atoms with Crippen LogP contribution in [0, 0.1) is 0 Å². The van der Waals surface area contributed by atoms with Crippen LogP contribution in [0.5, 0.6) is 0 Å². The molecule has 0 aromatic heterocycles. The summed E-state index contributed by atoms with van der Waals surface area (Å²) in [7, 11) is -3.57. The summed E-state index contributed by atoms with van der Waals surface area (Å²) in [4.78, 5) is 17.1. The van der Waals surface area contributed by atoms with Gasteiger partial charge < -0.3 is 4.98 Å². The Bertz CT molecular complexity index is 770. The molecule has 1 aliphatic carbocycles. The van der Waals surface area contributed by atoms with Crippen LogP contribution in [0.1, 0.15) is 61.2 Å². The first-order chi connectivity index (χ1) is 12.2. The highest BCUT2D eigenvalue weighted by Crippen LogP contribution is 2.35. The van der Waals surface area contributed by atoms with Crippen LogP contribution in [0.3, 0.4) is 0 Å². The Morgan fingerprint density at radius 1 is 1.15 bits per heavy atom. The molecule has 149 valence electrons. The van der Waals surface area contributed by atoms with Gasteiger partial charge >= 0.3 is 0 Å². The number of hydrogen-bond acceptors (Lipinski definition) is 1. The molecule has 0 aliphatic heterocycles. The van der Waals surface area contributed by atoms with E-state index in [1.165, 1.54) is 22.3 Å². The molecule has 2 nitrogen and oxygen atoms in total. The van der Waals surface area contributed by atoms with Gasteiger partial charge in [-0.25, -0.2) is 0 Å². The van der Waals surface area contributed by atoms with E-state index in [2.05, 4.69) is 90.2 Å². The normalized spacial score (nSPS) is 15.0. The number of amides is 1. The zero-order chi connectivity index (χ0) is 20.8. The third-order valence-corrected chi connectivity index (χ3v) is 40.7. The summed E-state index contributed by atoms with van der Waals surface area (Å²) in [6.07, 6.45) is 4.29. The second kappa shape index (κ2) is 7.48. The fraction of sp³-hybridized carbons (Fsp3) is 0.591. The van der Waals surface area contributed by atoms with Crippen molar-refractivity contribution in [3.8, 4) is 0 Å². The minimum absolute atomic E-state index is 0.0385. The Morgan fingerprint density at radius 2 is 1.74 bits per heavy atom. The number of benzene rings is 1. The first kappa shape index (κ1) is 22.4. The highest BCUT2D eigenvalue weighted by Gasteiger charge is 2.45. The SMILES string of the molecule is CCC1=Cc2cc(C(C)(C)C)cc(C(=O)N[Si](C)(C)[Si](C)(C)[Si](C)C)c2C1. The van der Waals surface area contributed by atoms with Crippen molar-refractivity contribution in [3.05, 3.63) is 40.0 Å². The smallest absolute Gasteiger partial charge is 0.243 e. The zero-order valence-electron chi connectivity index (χ0n) is 19.1. The van der Waals surface area contributed by atoms with Crippen LogP contribution in [0.2, 0.25) is 39.3 Å². The number of carbonyl (C=O) groups excluding carboxylic acids is 1. The lowest BCUT2D eigenvalue weighted by Gasteiger charge is -2.41. The summed E-state index contributed by atoms with van der Waals surface area (Å²) >= 11 is 0. The Hall–Kier alpha value is -0.919. The lowest BCUT2D eigenvalue weighted by Crippen LogP contribution is -2.71. The number of hydrogen-bond donors (Lipinski definition) is 1. The van der Waals surface area contributed by atoms with E-state index in [0.717, 1.165) is 18.4 Å². The lowest BCUT2D eigenvalue weighted by molar-refractivity contribution is 0.0978. The zero-order valence-corrected chi connectivity index (χ0v) is 22.1. The van der Waals surface area contributed by atoms with Crippen molar-refractivity contribution < 1.29 is 4.79 Å². The Balaban J connectivity index is 2.47. The summed E-state index contributed by atoms with van der Waals surface area (Å²) in [6, 6.07) is 4.47. The van der Waals surface area contributed by atoms with E-state index < -0.39 is 14.9 Å². The fourth-order valence-electron chi connectivity index (χ4n) is 3.51. The third kappa shape index (κ3) is 4.40. The first-order valence-electron chi connectivity index (χ1n) is 10.2. The van der Waals surface area contributed by atoms with Crippen LogP contribution < -0.4 is 4.98 Å². The van der Waals surface area contributed by atoms with Crippen LogP contribution >= 0.6 is 0 Å². The maximum absolute atomic E-state index is 13.5. The molecule has 0 atom stereocenters. The van der Waals surface area contributed by atoms with Crippen molar-refractivity contribution in [2.45, 2.75) is 85.2 Å². The standard InChI is InChI=1S/C22H38NOSi3/c1-11-16-12-17-14-18(22(2,3)4)15-20(19(17)13-16)21(24)23-26(7,8)27(9,10)25(5)6/h12,14-15H,11,13H2,1-10H3,(H,23,24). The molecule has 1 amide bonds. The number of carbonyl (C=O) groups is 1. The average molecular weight is 417 g/mol. The summed E-state index contributed by atoms with van der Waals surface area (Å²) in [5, 5.41) is 0. The highest BCUT2D eigenvalue weighted by molar-refractivity contribution is 7.63. The Labute approximate surface area is 170 Å². The fourth-order valence-corrected chi connectivity index (χ4v) is 22.6. The van der Waals surface area contributed by atoms with Crippen LogP contribution in [-0.2, 0) is 11.8 Å². The molecule has 1 radical (unpaired) electrons. The lowest BCUT2D eigenvalue weighted by atomic mass is 9.83. The number of rotatable bonds is 5. The predicted molar refractivity (Wildman–Crippen MR) is 127 cm³/mol. The van der Waals surface area contributed by atoms with Gasteiger partial charge in [-0.3, -0.25) is 4.79 Å². The summed E-state index contributed by atoms with van der Waals surface area (Å²) < 4.78 is 0. The van der Waals surface area contributed by atoms with Crippen LogP contribution in [0.25, 0.3) is 6.08 Å². The van der Waals surface area contributed by atoms with E-state index >= 15 is 0 Å². The van der Waals surface area contributed by atoms with Crippen molar-refractivity contribution in [1.29, 1.82) is 0 Å². The van der Waals surface area contributed by atoms with Gasteiger partial charge in [-0.2, -0.15) is 0 Å². The van der Waals surface area contributed by atoms with E-state index in [4.69, 9.17) is 0 Å². The molecule has 0 unspecified atom stereocenters. The van der Waals surface area contributed by atoms with E-state index in [1.807, 2.05) is 0 Å². The molecule has 2 rings (SSSR count). The summed E-state index contributed by atoms with van der Waals surface area (Å²) in [6.45, 7) is 23.5. The topological polar surface area (TPSA) is 29.1 Å². The van der Waals surface area contributed by atoms with Crippen molar-refractivity contribution in [3.63, 3.8) is 0 Å². The maximum atomic E-state index is 13.5. The molecule has 0 spiro atoms. The second-order valence-electron chi connectivity index (χ2n) is 10.4. The highest BCUT2D eigenvalue weighted by atomic mass is 29.6. The van der Waals surface area contributed by atoms with Gasteiger partial charge in [-0.15, -0.1) is 0 Å². The molecule has 0 saturated carbocycles. The van der Waals surface area contributed by atoms with Gasteiger partial charge in [0.1, 0.15) is 7.75 Å². The molecular formula is C22H38NOSi3. The first-order valence-corrected chi connectivity index (χ1v) is 20.7. The van der Waals surface area contributed by atoms with Gasteiger partial charge in [0.2, 0.25) is 5.91 Å². The van der Waals surface area contributed by atoms with Crippen molar-refractivity contribution in [1.82, 2.24) is 4.98 Å². The molecule has 5 heteroatoms. The molecular weight excluding hydrogens is 379 g/mol. The van der Waals surface area contributed by atoms with E-state index in [9.17, 15) is 4.79 Å². The quantitative estimate of drug-likeness (QED) is 0.596. The maximum Gasteiger partial charge on any atom is 0.243 e. The van der Waals surface area contributed by atoms with Crippen molar-refractivity contribution in [2.24, 2.45) is 0 Å². The van der Waals surface area contributed by atoms with Gasteiger partial charge in [0, 0.05) is 13.9 Å². The molecule has 1 N–H and O–H groups in total. The van der Waals surface area contributed by atoms with Gasteiger partial charge in [-0.05, 0) is 41.0 Å². The van der Waals surface area contributed by atoms with E-state index in [-0.39, 0.29) is 19.6 Å². The van der Waals surface area contributed by atoms with Gasteiger partial charge in [-0.1, -0.05) is 84.7 Å². The van der Waals surface area contributed by atoms with Crippen molar-refractivity contribution >= 4 is 35.2 Å². The Morgan fingerprint density at radius 3 is 2.22 bits per heavy atom. The van der Waals surface area contributed by atoms with Crippen molar-refractivity contribution in [2.75, 3.05) is 0 Å². The largest absolute Gasteiger partial charge is 0.381 e. The summed E-state index contributed by atoms with van der Waals surface area (Å²) in [5.74, 6) is 0.170. The second-order valence-corrected chi connectivity index (χ2v) is 34.9.